The molecule has 0 atom stereocenters. The minimum Gasteiger partial charge on any atom is -0.530 e. The molecule has 0 aliphatic heterocycles. The fourth-order valence-electron chi connectivity index (χ4n) is 1.82. The van der Waals surface area contributed by atoms with E-state index in [0.717, 1.165) is 11.1 Å². The molecule has 0 aliphatic rings. The van der Waals surface area contributed by atoms with Crippen LogP contribution >= 0.6 is 0 Å². The lowest BCUT2D eigenvalue weighted by Crippen LogP contribution is -2.52. The quantitative estimate of drug-likeness (QED) is 0.872. The van der Waals surface area contributed by atoms with Gasteiger partial charge < -0.3 is 19.9 Å². The summed E-state index contributed by atoms with van der Waals surface area (Å²) in [5.74, 6) is 0. The van der Waals surface area contributed by atoms with Gasteiger partial charge in [0.05, 0.1) is 6.61 Å². The van der Waals surface area contributed by atoms with Gasteiger partial charge in [-0.05, 0) is 38.3 Å². The second kappa shape index (κ2) is 5.87. The number of hydrogen-bond acceptors (Lipinski definition) is 3. The highest BCUT2D eigenvalue weighted by atomic mass is 16.4. The minimum absolute atomic E-state index is 0.00267. The molecule has 0 radical (unpaired) electrons. The SMILES string of the molecule is CC(C)(C)N(CCc1cccc(CO)c1)C(=O)[O-]. The summed E-state index contributed by atoms with van der Waals surface area (Å²) in [4.78, 5) is 12.4. The van der Waals surface area contributed by atoms with Crippen molar-refractivity contribution in [2.45, 2.75) is 39.3 Å². The lowest BCUT2D eigenvalue weighted by atomic mass is 10.0. The Bertz CT molecular complexity index is 410. The second-order valence-electron chi connectivity index (χ2n) is 5.32. The monoisotopic (exact) mass is 250 g/mol. The lowest BCUT2D eigenvalue weighted by Gasteiger charge is -2.38. The molecule has 1 rings (SSSR count). The standard InChI is InChI=1S/C14H21NO3/c1-14(2,3)15(13(17)18)8-7-11-5-4-6-12(9-11)10-16/h4-6,9,16H,7-8,10H2,1-3H3,(H,17,18)/p-1. The first kappa shape index (κ1) is 14.5. The molecule has 1 aromatic carbocycles. The van der Waals surface area contributed by atoms with E-state index in [2.05, 4.69) is 0 Å². The normalized spacial score (nSPS) is 11.3. The van der Waals surface area contributed by atoms with Gasteiger partial charge in [0, 0.05) is 12.1 Å². The first-order chi connectivity index (χ1) is 8.34. The zero-order valence-electron chi connectivity index (χ0n) is 11.1. The zero-order chi connectivity index (χ0) is 13.8. The van der Waals surface area contributed by atoms with E-state index in [0.29, 0.717) is 13.0 Å². The van der Waals surface area contributed by atoms with E-state index in [4.69, 9.17) is 5.11 Å². The highest BCUT2D eigenvalue weighted by Crippen LogP contribution is 2.14. The predicted molar refractivity (Wildman–Crippen MR) is 67.9 cm³/mol. The maximum atomic E-state index is 11.1. The van der Waals surface area contributed by atoms with Crippen molar-refractivity contribution in [3.05, 3.63) is 35.4 Å². The zero-order valence-corrected chi connectivity index (χ0v) is 11.1. The van der Waals surface area contributed by atoms with Crippen LogP contribution < -0.4 is 5.11 Å². The predicted octanol–water partition coefficient (Wildman–Crippen LogP) is 1.17. The summed E-state index contributed by atoms with van der Waals surface area (Å²) in [6, 6.07) is 7.51. The highest BCUT2D eigenvalue weighted by molar-refractivity contribution is 5.63. The Morgan fingerprint density at radius 1 is 1.33 bits per heavy atom. The van der Waals surface area contributed by atoms with Gasteiger partial charge in [0.2, 0.25) is 0 Å². The van der Waals surface area contributed by atoms with E-state index >= 15 is 0 Å². The largest absolute Gasteiger partial charge is 0.530 e. The van der Waals surface area contributed by atoms with Crippen molar-refractivity contribution in [3.63, 3.8) is 0 Å². The van der Waals surface area contributed by atoms with Crippen molar-refractivity contribution >= 4 is 6.09 Å². The van der Waals surface area contributed by atoms with Crippen molar-refractivity contribution in [1.82, 2.24) is 4.90 Å². The molecule has 1 amide bonds. The minimum atomic E-state index is -1.15. The molecule has 1 N–H and O–H groups in total. The third-order valence-electron chi connectivity index (χ3n) is 2.83. The van der Waals surface area contributed by atoms with Gasteiger partial charge in [-0.2, -0.15) is 0 Å². The van der Waals surface area contributed by atoms with E-state index < -0.39 is 11.6 Å². The van der Waals surface area contributed by atoms with Crippen LogP contribution in [0.4, 0.5) is 4.79 Å². The summed E-state index contributed by atoms with van der Waals surface area (Å²) in [6.07, 6.45) is -0.542. The van der Waals surface area contributed by atoms with Crippen molar-refractivity contribution in [2.24, 2.45) is 0 Å². The van der Waals surface area contributed by atoms with Gasteiger partial charge >= 0.3 is 0 Å². The van der Waals surface area contributed by atoms with Crippen molar-refractivity contribution < 1.29 is 15.0 Å². The van der Waals surface area contributed by atoms with Crippen LogP contribution in [0.2, 0.25) is 0 Å². The molecule has 0 saturated carbocycles. The van der Waals surface area contributed by atoms with E-state index in [1.165, 1.54) is 4.90 Å². The van der Waals surface area contributed by atoms with Crippen molar-refractivity contribution in [1.29, 1.82) is 0 Å². The number of amides is 1. The lowest BCUT2D eigenvalue weighted by molar-refractivity contribution is -0.270. The Labute approximate surface area is 108 Å². The Kier molecular flexibility index (Phi) is 4.73. The average molecular weight is 250 g/mol. The number of hydrogen-bond donors (Lipinski definition) is 1. The molecule has 0 heterocycles. The van der Waals surface area contributed by atoms with Crippen LogP contribution in [0.25, 0.3) is 0 Å². The van der Waals surface area contributed by atoms with E-state index in [-0.39, 0.29) is 6.61 Å². The Morgan fingerprint density at radius 2 is 1.94 bits per heavy atom. The molecule has 0 bridgehead atoms. The van der Waals surface area contributed by atoms with Gasteiger partial charge in [0.15, 0.2) is 0 Å². The summed E-state index contributed by atoms with van der Waals surface area (Å²) in [6.45, 7) is 5.91. The first-order valence-corrected chi connectivity index (χ1v) is 6.02. The van der Waals surface area contributed by atoms with Gasteiger partial charge in [-0.15, -0.1) is 0 Å². The second-order valence-corrected chi connectivity index (χ2v) is 5.32. The average Bonchev–Trinajstić information content (AvgIpc) is 2.27. The maximum Gasteiger partial charge on any atom is 0.137 e. The molecule has 4 heteroatoms. The molecule has 18 heavy (non-hydrogen) atoms. The molecular weight excluding hydrogens is 230 g/mol. The Morgan fingerprint density at radius 3 is 2.44 bits per heavy atom. The molecule has 0 aliphatic carbocycles. The number of benzene rings is 1. The summed E-state index contributed by atoms with van der Waals surface area (Å²) in [5, 5.41) is 20.1. The van der Waals surface area contributed by atoms with Crippen LogP contribution in [0.3, 0.4) is 0 Å². The summed E-state index contributed by atoms with van der Waals surface area (Å²) < 4.78 is 0. The van der Waals surface area contributed by atoms with Crippen LogP contribution in [0.5, 0.6) is 0 Å². The van der Waals surface area contributed by atoms with Crippen molar-refractivity contribution in [2.75, 3.05) is 6.54 Å². The van der Waals surface area contributed by atoms with Crippen LogP contribution in [-0.4, -0.2) is 28.2 Å². The molecule has 1 aromatic rings. The molecule has 0 spiro atoms. The van der Waals surface area contributed by atoms with E-state index in [9.17, 15) is 9.90 Å². The van der Waals surface area contributed by atoms with Crippen molar-refractivity contribution in [3.8, 4) is 0 Å². The fourth-order valence-corrected chi connectivity index (χ4v) is 1.82. The Balaban J connectivity index is 2.70. The summed E-state index contributed by atoms with van der Waals surface area (Å²) in [5.41, 5.74) is 1.38. The summed E-state index contributed by atoms with van der Waals surface area (Å²) >= 11 is 0. The topological polar surface area (TPSA) is 63.6 Å². The van der Waals surface area contributed by atoms with Gasteiger partial charge in [0.25, 0.3) is 0 Å². The molecule has 0 unspecified atom stereocenters. The highest BCUT2D eigenvalue weighted by Gasteiger charge is 2.20. The summed E-state index contributed by atoms with van der Waals surface area (Å²) in [7, 11) is 0. The number of carboxylic acid groups (broad SMARTS) is 1. The van der Waals surface area contributed by atoms with Gasteiger partial charge in [-0.1, -0.05) is 24.3 Å². The smallest absolute Gasteiger partial charge is 0.137 e. The van der Waals surface area contributed by atoms with Gasteiger partial charge in [-0.25, -0.2) is 0 Å². The number of nitrogens with zero attached hydrogens (tertiary/aromatic N) is 1. The van der Waals surface area contributed by atoms with Crippen LogP contribution in [0.15, 0.2) is 24.3 Å². The molecular formula is C14H20NO3-. The van der Waals surface area contributed by atoms with Crippen LogP contribution in [-0.2, 0) is 13.0 Å². The van der Waals surface area contributed by atoms with E-state index in [1.807, 2.05) is 45.0 Å². The van der Waals surface area contributed by atoms with Crippen LogP contribution in [0, 0.1) is 0 Å². The number of carbonyl (C=O) groups is 1. The van der Waals surface area contributed by atoms with E-state index in [1.54, 1.807) is 0 Å². The van der Waals surface area contributed by atoms with Crippen LogP contribution in [0.1, 0.15) is 31.9 Å². The first-order valence-electron chi connectivity index (χ1n) is 6.02. The number of carbonyl (C=O) groups excluding carboxylic acids is 1. The number of aliphatic hydroxyl groups excluding tert-OH is 1. The molecule has 100 valence electrons. The van der Waals surface area contributed by atoms with Gasteiger partial charge in [0.1, 0.15) is 6.09 Å². The Hall–Kier alpha value is -1.55. The molecule has 0 fully saturated rings. The molecule has 4 nitrogen and oxygen atoms in total. The fraction of sp³-hybridized carbons (Fsp3) is 0.500. The molecule has 0 saturated heterocycles. The van der Waals surface area contributed by atoms with Gasteiger partial charge in [-0.3, -0.25) is 0 Å². The maximum absolute atomic E-state index is 11.1. The number of aliphatic hydroxyl groups is 1. The third kappa shape index (κ3) is 4.04. The number of rotatable bonds is 4. The third-order valence-corrected chi connectivity index (χ3v) is 2.83. The molecule has 0 aromatic heterocycles.